The highest BCUT2D eigenvalue weighted by atomic mass is 16.5. The van der Waals surface area contributed by atoms with E-state index >= 15 is 0 Å². The SMILES string of the molecule is c1ccc(-c2ccc(-c3ccccc3N(c3cccc4c3-c3ccccc3C43c4ccccc4Oc4ccccc43)c3cc4c(c5ccccc35)-c3ccccc3C43c4ccccc4Oc4ccccc43)cc2)cc1. The first-order valence-corrected chi connectivity index (χ1v) is 25.9. The van der Waals surface area contributed by atoms with Crippen molar-refractivity contribution in [1.29, 1.82) is 0 Å². The summed E-state index contributed by atoms with van der Waals surface area (Å²) in [5.41, 5.74) is 20.9. The standard InChI is InChI=1S/C72H45NO2/c1-2-21-46(22-3-1)47-41-43-48(44-42-47)49-23-8-15-35-62(49)73(63-36-20-34-60-70(63)53-27-7-10-29-55(53)71(60)56-30-11-16-37-65(56)74-66-38-17-12-31-57(66)71)64-45-61-69(51-25-5-4-24-50(51)64)52-26-6-9-28-54(52)72(61)58-32-13-18-39-67(58)75-68-40-19-14-33-59(68)72/h1-45H. The smallest absolute Gasteiger partial charge is 0.132 e. The van der Waals surface area contributed by atoms with Crippen LogP contribution in [0, 0.1) is 0 Å². The van der Waals surface area contributed by atoms with Crippen molar-refractivity contribution in [2.24, 2.45) is 0 Å². The number of benzene rings is 12. The fourth-order valence-corrected chi connectivity index (χ4v) is 13.7. The van der Waals surface area contributed by atoms with Crippen LogP contribution in [0.15, 0.2) is 273 Å². The lowest BCUT2D eigenvalue weighted by Crippen LogP contribution is -2.32. The van der Waals surface area contributed by atoms with Gasteiger partial charge in [-0.05, 0) is 103 Å². The van der Waals surface area contributed by atoms with Crippen molar-refractivity contribution in [3.05, 3.63) is 317 Å². The average Bonchev–Trinajstić information content (AvgIpc) is 4.04. The lowest BCUT2D eigenvalue weighted by Gasteiger charge is -2.40. The number of fused-ring (bicyclic) bond motifs is 20. The zero-order valence-corrected chi connectivity index (χ0v) is 40.7. The van der Waals surface area contributed by atoms with Gasteiger partial charge >= 0.3 is 0 Å². The highest BCUT2D eigenvalue weighted by molar-refractivity contribution is 6.13. The Morgan fingerprint density at radius 1 is 0.240 bits per heavy atom. The summed E-state index contributed by atoms with van der Waals surface area (Å²) < 4.78 is 13.7. The number of rotatable bonds is 5. The maximum Gasteiger partial charge on any atom is 0.132 e. The van der Waals surface area contributed by atoms with Crippen molar-refractivity contribution in [2.45, 2.75) is 10.8 Å². The van der Waals surface area contributed by atoms with Crippen molar-refractivity contribution < 1.29 is 9.47 Å². The predicted molar refractivity (Wildman–Crippen MR) is 304 cm³/mol. The number of nitrogens with zero attached hydrogens (tertiary/aromatic N) is 1. The summed E-state index contributed by atoms with van der Waals surface area (Å²) in [4.78, 5) is 2.60. The summed E-state index contributed by atoms with van der Waals surface area (Å²) >= 11 is 0. The third kappa shape index (κ3) is 5.64. The third-order valence-corrected chi connectivity index (χ3v) is 16.6. The normalized spacial score (nSPS) is 14.0. The van der Waals surface area contributed by atoms with Crippen LogP contribution in [-0.2, 0) is 10.8 Å². The summed E-state index contributed by atoms with van der Waals surface area (Å²) in [7, 11) is 0. The van der Waals surface area contributed by atoms with Crippen molar-refractivity contribution in [3.8, 4) is 67.5 Å². The molecule has 2 spiro atoms. The van der Waals surface area contributed by atoms with Gasteiger partial charge in [0.25, 0.3) is 0 Å². The second kappa shape index (κ2) is 15.9. The lowest BCUT2D eigenvalue weighted by atomic mass is 9.66. The zero-order valence-electron chi connectivity index (χ0n) is 40.7. The van der Waals surface area contributed by atoms with E-state index in [2.05, 4.69) is 278 Å². The van der Waals surface area contributed by atoms with Crippen molar-refractivity contribution in [2.75, 3.05) is 4.90 Å². The highest BCUT2D eigenvalue weighted by Gasteiger charge is 2.54. The van der Waals surface area contributed by atoms with E-state index in [1.54, 1.807) is 0 Å². The zero-order chi connectivity index (χ0) is 49.2. The Kier molecular flexibility index (Phi) is 8.88. The van der Waals surface area contributed by atoms with Gasteiger partial charge in [0.1, 0.15) is 23.0 Å². The van der Waals surface area contributed by atoms with E-state index in [0.29, 0.717) is 0 Å². The van der Waals surface area contributed by atoms with Crippen molar-refractivity contribution in [3.63, 3.8) is 0 Å². The molecular formula is C72H45NO2. The van der Waals surface area contributed by atoms with Gasteiger partial charge in [-0.25, -0.2) is 0 Å². The molecule has 0 fully saturated rings. The first-order valence-electron chi connectivity index (χ1n) is 25.9. The Bertz CT molecular complexity index is 4230. The maximum absolute atomic E-state index is 6.87. The summed E-state index contributed by atoms with van der Waals surface area (Å²) in [6.07, 6.45) is 0. The molecule has 0 unspecified atom stereocenters. The molecule has 350 valence electrons. The molecule has 2 aliphatic heterocycles. The Balaban J connectivity index is 1.04. The van der Waals surface area contributed by atoms with E-state index in [-0.39, 0.29) is 0 Å². The number of hydrogen-bond donors (Lipinski definition) is 0. The van der Waals surface area contributed by atoms with Gasteiger partial charge in [-0.1, -0.05) is 231 Å². The molecule has 0 atom stereocenters. The molecule has 0 aromatic heterocycles. The van der Waals surface area contributed by atoms with Crippen LogP contribution in [0.25, 0.3) is 55.3 Å². The van der Waals surface area contributed by atoms with E-state index in [9.17, 15) is 0 Å². The summed E-state index contributed by atoms with van der Waals surface area (Å²) in [6.45, 7) is 0. The molecule has 0 bridgehead atoms. The van der Waals surface area contributed by atoms with Crippen LogP contribution in [-0.4, -0.2) is 0 Å². The lowest BCUT2D eigenvalue weighted by molar-refractivity contribution is 0.436. The van der Waals surface area contributed by atoms with Gasteiger partial charge in [-0.3, -0.25) is 0 Å². The van der Waals surface area contributed by atoms with E-state index < -0.39 is 10.8 Å². The highest BCUT2D eigenvalue weighted by Crippen LogP contribution is 2.67. The Morgan fingerprint density at radius 2 is 0.640 bits per heavy atom. The van der Waals surface area contributed by atoms with E-state index in [1.165, 1.54) is 61.0 Å². The molecule has 0 amide bonds. The molecule has 4 aliphatic rings. The fraction of sp³-hybridized carbons (Fsp3) is 0.0278. The Hall–Kier alpha value is -9.70. The van der Waals surface area contributed by atoms with Crippen LogP contribution in [0.2, 0.25) is 0 Å². The molecule has 0 saturated carbocycles. The molecule has 12 aromatic rings. The number of hydrogen-bond acceptors (Lipinski definition) is 3. The third-order valence-electron chi connectivity index (χ3n) is 16.6. The van der Waals surface area contributed by atoms with E-state index in [1.807, 2.05) is 0 Å². The predicted octanol–water partition coefficient (Wildman–Crippen LogP) is 18.6. The van der Waals surface area contributed by atoms with Crippen LogP contribution in [0.4, 0.5) is 17.1 Å². The van der Waals surface area contributed by atoms with Crippen molar-refractivity contribution >= 4 is 27.8 Å². The summed E-state index contributed by atoms with van der Waals surface area (Å²) in [5, 5.41) is 2.36. The Morgan fingerprint density at radius 3 is 1.23 bits per heavy atom. The average molecular weight is 956 g/mol. The molecule has 2 aliphatic carbocycles. The monoisotopic (exact) mass is 955 g/mol. The number of para-hydroxylation sites is 5. The van der Waals surface area contributed by atoms with Gasteiger partial charge in [0.05, 0.1) is 27.9 Å². The second-order valence-electron chi connectivity index (χ2n) is 20.1. The van der Waals surface area contributed by atoms with Gasteiger partial charge in [-0.15, -0.1) is 0 Å². The molecule has 16 rings (SSSR count). The minimum atomic E-state index is -0.695. The molecule has 12 aromatic carbocycles. The van der Waals surface area contributed by atoms with E-state index in [4.69, 9.17) is 9.47 Å². The summed E-state index contributed by atoms with van der Waals surface area (Å²) in [5.74, 6) is 3.48. The first-order chi connectivity index (χ1) is 37.2. The van der Waals surface area contributed by atoms with Crippen LogP contribution < -0.4 is 14.4 Å². The number of ether oxygens (including phenoxy) is 2. The molecule has 3 heteroatoms. The van der Waals surface area contributed by atoms with E-state index in [0.717, 1.165) is 78.8 Å². The second-order valence-corrected chi connectivity index (χ2v) is 20.1. The fourth-order valence-electron chi connectivity index (χ4n) is 13.7. The van der Waals surface area contributed by atoms with Crippen LogP contribution in [0.3, 0.4) is 0 Å². The Labute approximate surface area is 435 Å². The topological polar surface area (TPSA) is 21.7 Å². The molecule has 0 saturated heterocycles. The molecule has 0 N–H and O–H groups in total. The van der Waals surface area contributed by atoms with Crippen molar-refractivity contribution in [1.82, 2.24) is 0 Å². The minimum Gasteiger partial charge on any atom is -0.457 e. The maximum atomic E-state index is 6.87. The molecule has 75 heavy (non-hydrogen) atoms. The van der Waals surface area contributed by atoms with Gasteiger partial charge in [-0.2, -0.15) is 0 Å². The van der Waals surface area contributed by atoms with Crippen LogP contribution >= 0.6 is 0 Å². The molecule has 2 heterocycles. The largest absolute Gasteiger partial charge is 0.457 e. The summed E-state index contributed by atoms with van der Waals surface area (Å²) in [6, 6.07) is 100. The first kappa shape index (κ1) is 41.9. The van der Waals surface area contributed by atoms with Gasteiger partial charge in [0.2, 0.25) is 0 Å². The van der Waals surface area contributed by atoms with Gasteiger partial charge in [0, 0.05) is 38.8 Å². The number of anilines is 3. The van der Waals surface area contributed by atoms with Crippen LogP contribution in [0.1, 0.15) is 44.5 Å². The molecule has 3 nitrogen and oxygen atoms in total. The van der Waals surface area contributed by atoms with Gasteiger partial charge in [0.15, 0.2) is 0 Å². The molecular weight excluding hydrogens is 911 g/mol. The quantitative estimate of drug-likeness (QED) is 0.172. The minimum absolute atomic E-state index is 0.660. The molecule has 0 radical (unpaired) electrons. The van der Waals surface area contributed by atoms with Crippen LogP contribution in [0.5, 0.6) is 23.0 Å². The van der Waals surface area contributed by atoms with Gasteiger partial charge < -0.3 is 14.4 Å².